The van der Waals surface area contributed by atoms with Crippen molar-refractivity contribution in [2.75, 3.05) is 5.32 Å². The molecular weight excluding hydrogens is 269 g/mol. The Bertz CT molecular complexity index is 645. The lowest BCUT2D eigenvalue weighted by Crippen LogP contribution is -2.46. The summed E-state index contributed by atoms with van der Waals surface area (Å²) in [4.78, 5) is 12.6. The largest absolute Gasteiger partial charge is 0.508 e. The van der Waals surface area contributed by atoms with Gasteiger partial charge in [0, 0.05) is 5.69 Å². The average Bonchev–Trinajstić information content (AvgIpc) is 2.42. The van der Waals surface area contributed by atoms with Gasteiger partial charge in [-0.25, -0.2) is 4.39 Å². The first-order chi connectivity index (χ1) is 10.1. The summed E-state index contributed by atoms with van der Waals surface area (Å²) in [6.07, 6.45) is 2.52. The van der Waals surface area contributed by atoms with Gasteiger partial charge in [0.15, 0.2) is 0 Å². The van der Waals surface area contributed by atoms with Gasteiger partial charge in [-0.15, -0.1) is 0 Å². The van der Waals surface area contributed by atoms with Crippen molar-refractivity contribution in [3.63, 3.8) is 0 Å². The van der Waals surface area contributed by atoms with Gasteiger partial charge in [-0.3, -0.25) is 4.79 Å². The molecule has 0 atom stereocenters. The summed E-state index contributed by atoms with van der Waals surface area (Å²) in [6.45, 7) is 0. The SMILES string of the molecule is O=C(Nc1ccc(O)cc1)C1(c2ccc(F)cc2)CCC1. The number of carbonyl (C=O) groups is 1. The zero-order chi connectivity index (χ0) is 14.9. The van der Waals surface area contributed by atoms with E-state index in [0.717, 1.165) is 24.8 Å². The topological polar surface area (TPSA) is 49.3 Å². The number of anilines is 1. The third kappa shape index (κ3) is 2.49. The third-order valence-electron chi connectivity index (χ3n) is 4.16. The highest BCUT2D eigenvalue weighted by Crippen LogP contribution is 2.44. The third-order valence-corrected chi connectivity index (χ3v) is 4.16. The molecule has 2 N–H and O–H groups in total. The lowest BCUT2D eigenvalue weighted by molar-refractivity contribution is -0.124. The van der Waals surface area contributed by atoms with Crippen molar-refractivity contribution in [1.82, 2.24) is 0 Å². The molecule has 1 aliphatic carbocycles. The van der Waals surface area contributed by atoms with Gasteiger partial charge in [-0.1, -0.05) is 18.6 Å². The number of aromatic hydroxyl groups is 1. The van der Waals surface area contributed by atoms with E-state index in [1.165, 1.54) is 24.3 Å². The molecule has 0 aliphatic heterocycles. The Hall–Kier alpha value is -2.36. The van der Waals surface area contributed by atoms with Gasteiger partial charge in [0.05, 0.1) is 5.41 Å². The van der Waals surface area contributed by atoms with Crippen molar-refractivity contribution >= 4 is 11.6 Å². The summed E-state index contributed by atoms with van der Waals surface area (Å²) in [5.74, 6) is -0.219. The number of phenols is 1. The van der Waals surface area contributed by atoms with Crippen LogP contribution < -0.4 is 5.32 Å². The maximum atomic E-state index is 13.1. The molecule has 0 unspecified atom stereocenters. The number of hydrogen-bond donors (Lipinski definition) is 2. The molecule has 0 saturated heterocycles. The van der Waals surface area contributed by atoms with Crippen molar-refractivity contribution < 1.29 is 14.3 Å². The van der Waals surface area contributed by atoms with Gasteiger partial charge in [0.25, 0.3) is 0 Å². The first-order valence-corrected chi connectivity index (χ1v) is 6.97. The van der Waals surface area contributed by atoms with Crippen LogP contribution in [0.2, 0.25) is 0 Å². The molecule has 2 aromatic carbocycles. The van der Waals surface area contributed by atoms with E-state index in [0.29, 0.717) is 5.69 Å². The summed E-state index contributed by atoms with van der Waals surface area (Å²) in [5.41, 5.74) is 0.934. The molecular formula is C17H16FNO2. The maximum Gasteiger partial charge on any atom is 0.235 e. The van der Waals surface area contributed by atoms with Crippen molar-refractivity contribution in [2.24, 2.45) is 0 Å². The average molecular weight is 285 g/mol. The van der Waals surface area contributed by atoms with Crippen LogP contribution in [0, 0.1) is 5.82 Å². The summed E-state index contributed by atoms with van der Waals surface area (Å²) in [6, 6.07) is 12.5. The van der Waals surface area contributed by atoms with E-state index in [1.54, 1.807) is 24.3 Å². The molecule has 1 aliphatic rings. The lowest BCUT2D eigenvalue weighted by Gasteiger charge is -2.40. The van der Waals surface area contributed by atoms with Crippen LogP contribution in [-0.2, 0) is 10.2 Å². The number of hydrogen-bond acceptors (Lipinski definition) is 2. The molecule has 4 heteroatoms. The standard InChI is InChI=1S/C17H16FNO2/c18-13-4-2-12(3-5-13)17(10-1-11-17)16(21)19-14-6-8-15(20)9-7-14/h2-9,20H,1,10-11H2,(H,19,21). The predicted molar refractivity (Wildman–Crippen MR) is 78.7 cm³/mol. The van der Waals surface area contributed by atoms with E-state index in [-0.39, 0.29) is 17.5 Å². The second-order valence-electron chi connectivity index (χ2n) is 5.44. The molecule has 0 spiro atoms. The molecule has 0 aromatic heterocycles. The highest BCUT2D eigenvalue weighted by molar-refractivity contribution is 5.99. The quantitative estimate of drug-likeness (QED) is 0.847. The Balaban J connectivity index is 1.83. The predicted octanol–water partition coefficient (Wildman–Crippen LogP) is 3.59. The number of nitrogens with one attached hydrogen (secondary N) is 1. The Labute approximate surface area is 122 Å². The fourth-order valence-electron chi connectivity index (χ4n) is 2.74. The first kappa shape index (κ1) is 13.6. The summed E-state index contributed by atoms with van der Waals surface area (Å²) in [5, 5.41) is 12.1. The van der Waals surface area contributed by atoms with Gasteiger partial charge in [-0.2, -0.15) is 0 Å². The highest BCUT2D eigenvalue weighted by atomic mass is 19.1. The lowest BCUT2D eigenvalue weighted by atomic mass is 9.64. The van der Waals surface area contributed by atoms with E-state index >= 15 is 0 Å². The molecule has 2 aromatic rings. The number of halogens is 1. The van der Waals surface area contributed by atoms with Gasteiger partial charge in [0.2, 0.25) is 5.91 Å². The minimum atomic E-state index is -0.564. The van der Waals surface area contributed by atoms with E-state index < -0.39 is 5.41 Å². The van der Waals surface area contributed by atoms with Gasteiger partial charge in [0.1, 0.15) is 11.6 Å². The van der Waals surface area contributed by atoms with Crippen LogP contribution in [0.5, 0.6) is 5.75 Å². The summed E-state index contributed by atoms with van der Waals surface area (Å²) < 4.78 is 13.1. The van der Waals surface area contributed by atoms with Crippen molar-refractivity contribution in [3.8, 4) is 5.75 Å². The molecule has 0 heterocycles. The normalized spacial score (nSPS) is 16.0. The fourth-order valence-corrected chi connectivity index (χ4v) is 2.74. The van der Waals surface area contributed by atoms with Crippen LogP contribution in [0.3, 0.4) is 0 Å². The monoisotopic (exact) mass is 285 g/mol. The van der Waals surface area contributed by atoms with Gasteiger partial charge < -0.3 is 10.4 Å². The van der Waals surface area contributed by atoms with E-state index in [1.807, 2.05) is 0 Å². The molecule has 0 bridgehead atoms. The Morgan fingerprint density at radius 1 is 1.05 bits per heavy atom. The minimum absolute atomic E-state index is 0.0777. The van der Waals surface area contributed by atoms with Crippen LogP contribution in [0.1, 0.15) is 24.8 Å². The zero-order valence-electron chi connectivity index (χ0n) is 11.5. The first-order valence-electron chi connectivity index (χ1n) is 6.97. The Morgan fingerprint density at radius 3 is 2.19 bits per heavy atom. The molecule has 3 rings (SSSR count). The second-order valence-corrected chi connectivity index (χ2v) is 5.44. The fraction of sp³-hybridized carbons (Fsp3) is 0.235. The van der Waals surface area contributed by atoms with Crippen molar-refractivity contribution in [3.05, 3.63) is 59.9 Å². The number of rotatable bonds is 3. The molecule has 1 amide bonds. The highest BCUT2D eigenvalue weighted by Gasteiger charge is 2.45. The second kappa shape index (κ2) is 5.20. The number of amides is 1. The summed E-state index contributed by atoms with van der Waals surface area (Å²) >= 11 is 0. The van der Waals surface area contributed by atoms with Gasteiger partial charge >= 0.3 is 0 Å². The molecule has 21 heavy (non-hydrogen) atoms. The Kier molecular flexibility index (Phi) is 3.37. The molecule has 3 nitrogen and oxygen atoms in total. The van der Waals surface area contributed by atoms with Crippen molar-refractivity contribution in [1.29, 1.82) is 0 Å². The number of carbonyl (C=O) groups excluding carboxylic acids is 1. The maximum absolute atomic E-state index is 13.1. The molecule has 108 valence electrons. The van der Waals surface area contributed by atoms with E-state index in [4.69, 9.17) is 0 Å². The molecule has 1 saturated carbocycles. The molecule has 1 fully saturated rings. The molecule has 0 radical (unpaired) electrons. The van der Waals surface area contributed by atoms with Crippen LogP contribution in [0.4, 0.5) is 10.1 Å². The van der Waals surface area contributed by atoms with Gasteiger partial charge in [-0.05, 0) is 54.8 Å². The van der Waals surface area contributed by atoms with E-state index in [9.17, 15) is 14.3 Å². The number of benzene rings is 2. The number of phenolic OH excluding ortho intramolecular Hbond substituents is 1. The smallest absolute Gasteiger partial charge is 0.235 e. The Morgan fingerprint density at radius 2 is 1.67 bits per heavy atom. The van der Waals surface area contributed by atoms with Crippen LogP contribution in [0.25, 0.3) is 0 Å². The minimum Gasteiger partial charge on any atom is -0.508 e. The van der Waals surface area contributed by atoms with E-state index in [2.05, 4.69) is 5.32 Å². The van der Waals surface area contributed by atoms with Crippen LogP contribution in [-0.4, -0.2) is 11.0 Å². The summed E-state index contributed by atoms with van der Waals surface area (Å²) in [7, 11) is 0. The van der Waals surface area contributed by atoms with Crippen LogP contribution in [0.15, 0.2) is 48.5 Å². The zero-order valence-corrected chi connectivity index (χ0v) is 11.5. The van der Waals surface area contributed by atoms with Crippen molar-refractivity contribution in [2.45, 2.75) is 24.7 Å². The van der Waals surface area contributed by atoms with Crippen LogP contribution >= 0.6 is 0 Å².